The highest BCUT2D eigenvalue weighted by atomic mass is 32.2. The third kappa shape index (κ3) is 4.36. The monoisotopic (exact) mass is 797 g/mol. The highest BCUT2D eigenvalue weighted by Crippen LogP contribution is 2.71. The van der Waals surface area contributed by atoms with E-state index in [1.807, 2.05) is 32.0 Å². The predicted molar refractivity (Wildman–Crippen MR) is 205 cm³/mol. The molecule has 1 aromatic heterocycles. The van der Waals surface area contributed by atoms with Gasteiger partial charge < -0.3 is 43.1 Å². The Morgan fingerprint density at radius 2 is 1.86 bits per heavy atom. The molecule has 15 heteroatoms. The summed E-state index contributed by atoms with van der Waals surface area (Å²) in [6.45, 7) is 7.80. The fourth-order valence-electron chi connectivity index (χ4n) is 11.5. The van der Waals surface area contributed by atoms with Gasteiger partial charge in [-0.25, -0.2) is 4.79 Å². The summed E-state index contributed by atoms with van der Waals surface area (Å²) in [5, 5.41) is 29.1. The number of aromatic hydroxyl groups is 1. The molecular formula is C42H43N3O11S. The van der Waals surface area contributed by atoms with Gasteiger partial charge in [-0.3, -0.25) is 19.9 Å². The lowest BCUT2D eigenvalue weighted by Crippen LogP contribution is -2.67. The number of rotatable bonds is 3. The van der Waals surface area contributed by atoms with Gasteiger partial charge in [0.1, 0.15) is 35.2 Å². The third-order valence-electron chi connectivity index (χ3n) is 13.7. The first-order chi connectivity index (χ1) is 27.3. The summed E-state index contributed by atoms with van der Waals surface area (Å²) in [6.07, 6.45) is 0.946. The molecule has 12 rings (SSSR count). The van der Waals surface area contributed by atoms with Crippen LogP contribution in [0, 0.1) is 13.8 Å². The Morgan fingerprint density at radius 3 is 2.63 bits per heavy atom. The molecule has 3 saturated heterocycles. The number of fused-ring (bicyclic) bond motifs is 11. The number of ether oxygens (including phenoxy) is 6. The van der Waals surface area contributed by atoms with Crippen LogP contribution in [0.4, 0.5) is 0 Å². The topological polar surface area (TPSA) is 162 Å². The van der Waals surface area contributed by atoms with Crippen molar-refractivity contribution in [3.63, 3.8) is 0 Å². The molecule has 4 aromatic rings. The minimum absolute atomic E-state index is 0.0499. The van der Waals surface area contributed by atoms with Gasteiger partial charge in [0.25, 0.3) is 0 Å². The summed E-state index contributed by atoms with van der Waals surface area (Å²) >= 11 is 1.50. The molecule has 4 bridgehead atoms. The van der Waals surface area contributed by atoms with Gasteiger partial charge in [-0.05, 0) is 62.6 Å². The maximum absolute atomic E-state index is 14.9. The van der Waals surface area contributed by atoms with Crippen LogP contribution in [-0.2, 0) is 31.8 Å². The SMILES string of the molecule is COc1ccc2oc3c(c2c1)CCN[C@]31CS[C@@H]2c3c(OC(C)=O)c(C)c4c(c3[C@H](COC1=O)N1C2[C@H]2c3c(cc(C)c(OC)c3O)C3(C)C[C@]1(O)CN23)OCO4. The maximum atomic E-state index is 14.9. The number of methoxy groups -OCH3 is 2. The molecule has 14 nitrogen and oxygen atoms in total. The molecule has 0 radical (unpaired) electrons. The van der Waals surface area contributed by atoms with Crippen molar-refractivity contribution in [2.75, 3.05) is 46.5 Å². The largest absolute Gasteiger partial charge is 0.504 e. The van der Waals surface area contributed by atoms with E-state index in [-0.39, 0.29) is 31.4 Å². The van der Waals surface area contributed by atoms with E-state index in [0.717, 1.165) is 27.6 Å². The number of thioether (sulfide) groups is 1. The zero-order valence-electron chi connectivity index (χ0n) is 32.4. The highest BCUT2D eigenvalue weighted by molar-refractivity contribution is 7.99. The Morgan fingerprint density at radius 1 is 1.05 bits per heavy atom. The van der Waals surface area contributed by atoms with Crippen molar-refractivity contribution in [1.82, 2.24) is 15.1 Å². The van der Waals surface area contributed by atoms with E-state index in [1.165, 1.54) is 18.7 Å². The van der Waals surface area contributed by atoms with Gasteiger partial charge in [0, 0.05) is 77.0 Å². The smallest absolute Gasteiger partial charge is 0.335 e. The van der Waals surface area contributed by atoms with Gasteiger partial charge in [0.15, 0.2) is 28.5 Å². The summed E-state index contributed by atoms with van der Waals surface area (Å²) in [5.41, 5.74) is 2.55. The molecule has 3 fully saturated rings. The second kappa shape index (κ2) is 11.7. The number of phenols is 1. The van der Waals surface area contributed by atoms with Crippen LogP contribution >= 0.6 is 11.8 Å². The Hall–Kier alpha value is -4.67. The first-order valence-corrected chi connectivity index (χ1v) is 20.4. The van der Waals surface area contributed by atoms with Crippen molar-refractivity contribution in [3.05, 3.63) is 69.0 Å². The quantitative estimate of drug-likeness (QED) is 0.190. The van der Waals surface area contributed by atoms with Crippen LogP contribution in [0.5, 0.6) is 34.5 Å². The van der Waals surface area contributed by atoms with Crippen molar-refractivity contribution >= 4 is 34.7 Å². The zero-order chi connectivity index (χ0) is 39.5. The molecule has 8 aliphatic heterocycles. The first-order valence-electron chi connectivity index (χ1n) is 19.3. The molecule has 8 aliphatic rings. The van der Waals surface area contributed by atoms with Crippen LogP contribution in [0.1, 0.15) is 82.3 Å². The number of piperazine rings is 1. The predicted octanol–water partition coefficient (Wildman–Crippen LogP) is 4.90. The first kappa shape index (κ1) is 35.5. The lowest BCUT2D eigenvalue weighted by Gasteiger charge is -2.59. The molecule has 7 atom stereocenters. The number of benzene rings is 3. The zero-order valence-corrected chi connectivity index (χ0v) is 33.3. The van der Waals surface area contributed by atoms with Crippen LogP contribution < -0.4 is 29.0 Å². The third-order valence-corrected chi connectivity index (χ3v) is 15.1. The number of carbonyl (C=O) groups is 2. The summed E-state index contributed by atoms with van der Waals surface area (Å²) < 4.78 is 43.0. The number of carbonyl (C=O) groups excluding carboxylic acids is 2. The Balaban J connectivity index is 1.18. The maximum Gasteiger partial charge on any atom is 0.335 e. The molecule has 3 N–H and O–H groups in total. The number of furan rings is 1. The van der Waals surface area contributed by atoms with Gasteiger partial charge in [-0.2, -0.15) is 0 Å². The van der Waals surface area contributed by atoms with E-state index in [2.05, 4.69) is 28.1 Å². The summed E-state index contributed by atoms with van der Waals surface area (Å²) in [5.74, 6) is 2.07. The van der Waals surface area contributed by atoms with Crippen molar-refractivity contribution in [1.29, 1.82) is 0 Å². The van der Waals surface area contributed by atoms with E-state index in [0.29, 0.717) is 76.2 Å². The van der Waals surface area contributed by atoms with Gasteiger partial charge in [0.2, 0.25) is 6.79 Å². The summed E-state index contributed by atoms with van der Waals surface area (Å²) in [6, 6.07) is 5.94. The number of hydrogen-bond donors (Lipinski definition) is 3. The molecule has 1 spiro atoms. The lowest BCUT2D eigenvalue weighted by atomic mass is 9.75. The minimum Gasteiger partial charge on any atom is -0.504 e. The normalized spacial score (nSPS) is 31.8. The molecule has 3 aromatic carbocycles. The van der Waals surface area contributed by atoms with Crippen molar-refractivity contribution in [3.8, 4) is 34.5 Å². The fourth-order valence-corrected chi connectivity index (χ4v) is 13.2. The number of phenolic OH excluding ortho intramolecular Hbond substituents is 1. The average molecular weight is 798 g/mol. The standard InChI is InChI=1S/C42H43N3O11S/c1-18-11-24-27(32(47)33(18)51-6)30-31-37-29-28(36-35(53-17-54-36)19(2)34(29)55-20(3)46)25(45(31)41(49)14-40(24,4)44(30)15-41)13-52-39(48)42(16-57-37)38-22(9-10-43-42)23-12-21(50-5)7-8-26(23)56-38/h7-8,11-12,25,30-31,37,43,47,49H,9-10,13-17H2,1-6H3/t25-,30+,31?,37+,40?,41-,42+/m0/s1. The van der Waals surface area contributed by atoms with Gasteiger partial charge in [-0.1, -0.05) is 0 Å². The number of nitrogens with one attached hydrogen (secondary N) is 1. The fraction of sp³-hybridized carbons (Fsp3) is 0.476. The van der Waals surface area contributed by atoms with Gasteiger partial charge >= 0.3 is 11.9 Å². The van der Waals surface area contributed by atoms with Gasteiger partial charge in [-0.15, -0.1) is 11.8 Å². The molecule has 57 heavy (non-hydrogen) atoms. The minimum atomic E-state index is -1.39. The number of hydrogen-bond acceptors (Lipinski definition) is 15. The molecule has 0 saturated carbocycles. The average Bonchev–Trinajstić information content (AvgIpc) is 3.93. The molecule has 0 aliphatic carbocycles. The van der Waals surface area contributed by atoms with Crippen LogP contribution in [0.15, 0.2) is 28.7 Å². The van der Waals surface area contributed by atoms with Crippen LogP contribution in [0.3, 0.4) is 0 Å². The van der Waals surface area contributed by atoms with E-state index >= 15 is 0 Å². The number of nitrogens with zero attached hydrogens (tertiary/aromatic N) is 2. The van der Waals surface area contributed by atoms with E-state index < -0.39 is 52.1 Å². The second-order valence-electron chi connectivity index (χ2n) is 16.6. The molecule has 298 valence electrons. The number of aryl methyl sites for hydroxylation is 1. The Labute approximate surface area is 332 Å². The highest BCUT2D eigenvalue weighted by Gasteiger charge is 2.72. The number of esters is 2. The van der Waals surface area contributed by atoms with E-state index in [9.17, 15) is 19.8 Å². The van der Waals surface area contributed by atoms with E-state index in [1.54, 1.807) is 14.2 Å². The Kier molecular flexibility index (Phi) is 7.30. The van der Waals surface area contributed by atoms with Crippen LogP contribution in [-0.4, -0.2) is 90.2 Å². The van der Waals surface area contributed by atoms with Crippen molar-refractivity contribution in [2.24, 2.45) is 0 Å². The molecule has 9 heterocycles. The number of aliphatic hydroxyl groups is 1. The lowest BCUT2D eigenvalue weighted by molar-refractivity contribution is -0.196. The van der Waals surface area contributed by atoms with Gasteiger partial charge in [0.05, 0.1) is 31.6 Å². The summed E-state index contributed by atoms with van der Waals surface area (Å²) in [4.78, 5) is 32.3. The van der Waals surface area contributed by atoms with Crippen molar-refractivity contribution < 1.29 is 52.6 Å². The second-order valence-corrected chi connectivity index (χ2v) is 17.7. The molecule has 0 amide bonds. The van der Waals surface area contributed by atoms with Crippen molar-refractivity contribution in [2.45, 2.75) is 80.7 Å². The van der Waals surface area contributed by atoms with Crippen LogP contribution in [0.2, 0.25) is 0 Å². The van der Waals surface area contributed by atoms with Crippen LogP contribution in [0.25, 0.3) is 11.0 Å². The molecular weight excluding hydrogens is 755 g/mol. The molecule has 2 unspecified atom stereocenters. The summed E-state index contributed by atoms with van der Waals surface area (Å²) in [7, 11) is 3.17. The van der Waals surface area contributed by atoms with E-state index in [4.69, 9.17) is 32.8 Å². The Bertz CT molecular complexity index is 2490.